The van der Waals surface area contributed by atoms with Crippen molar-refractivity contribution in [3.8, 4) is 0 Å². The molecule has 1 fully saturated rings. The maximum absolute atomic E-state index is 3.42. The van der Waals surface area contributed by atoms with E-state index in [1.54, 1.807) is 0 Å². The van der Waals surface area contributed by atoms with Crippen LogP contribution in [0, 0.1) is 5.92 Å². The Morgan fingerprint density at radius 3 is 2.50 bits per heavy atom. The largest absolute Gasteiger partial charge is 0.317 e. The molecule has 0 amide bonds. The smallest absolute Gasteiger partial charge is 0.0114 e. The third kappa shape index (κ3) is 4.04. The average Bonchev–Trinajstić information content (AvgIpc) is 2.30. The Morgan fingerprint density at radius 1 is 1.31 bits per heavy atom. The van der Waals surface area contributed by atoms with Crippen LogP contribution in [0.3, 0.4) is 0 Å². The zero-order chi connectivity index (χ0) is 12.0. The molecule has 96 valence electrons. The van der Waals surface area contributed by atoms with Gasteiger partial charge >= 0.3 is 0 Å². The van der Waals surface area contributed by atoms with Gasteiger partial charge in [-0.25, -0.2) is 0 Å². The van der Waals surface area contributed by atoms with Crippen LogP contribution in [-0.2, 0) is 0 Å². The van der Waals surface area contributed by atoms with Gasteiger partial charge in [-0.15, -0.1) is 0 Å². The van der Waals surface area contributed by atoms with Crippen LogP contribution in [0.4, 0.5) is 0 Å². The normalized spacial score (nSPS) is 27.6. The van der Waals surface area contributed by atoms with Crippen molar-refractivity contribution in [1.82, 2.24) is 15.1 Å². The minimum atomic E-state index is 0.727. The zero-order valence-corrected chi connectivity index (χ0v) is 11.5. The molecule has 0 radical (unpaired) electrons. The van der Waals surface area contributed by atoms with E-state index in [1.807, 2.05) is 0 Å². The zero-order valence-electron chi connectivity index (χ0n) is 11.5. The molecular weight excluding hydrogens is 198 g/mol. The lowest BCUT2D eigenvalue weighted by molar-refractivity contribution is 0.134. The van der Waals surface area contributed by atoms with Crippen LogP contribution < -0.4 is 5.32 Å². The Balaban J connectivity index is 2.24. The number of piperidine rings is 1. The predicted molar refractivity (Wildman–Crippen MR) is 70.9 cm³/mol. The van der Waals surface area contributed by atoms with Crippen molar-refractivity contribution < 1.29 is 0 Å². The van der Waals surface area contributed by atoms with Gasteiger partial charge in [0.25, 0.3) is 0 Å². The predicted octanol–water partition coefficient (Wildman–Crippen LogP) is 1.26. The first-order valence-corrected chi connectivity index (χ1v) is 6.83. The molecule has 2 atom stereocenters. The van der Waals surface area contributed by atoms with E-state index in [4.69, 9.17) is 0 Å². The molecule has 1 rings (SSSR count). The third-order valence-electron chi connectivity index (χ3n) is 3.99. The van der Waals surface area contributed by atoms with Crippen LogP contribution in [0.1, 0.15) is 27.2 Å². The third-order valence-corrected chi connectivity index (χ3v) is 3.99. The SMILES string of the molecule is CCN(CC)CCN1CCC(NC)C(C)C1. The molecule has 0 aromatic heterocycles. The topological polar surface area (TPSA) is 18.5 Å². The summed E-state index contributed by atoms with van der Waals surface area (Å²) in [5.74, 6) is 0.787. The Bertz CT molecular complexity index is 180. The van der Waals surface area contributed by atoms with Gasteiger partial charge in [-0.05, 0) is 39.0 Å². The number of likely N-dealkylation sites (tertiary alicyclic amines) is 1. The molecule has 1 heterocycles. The average molecular weight is 227 g/mol. The van der Waals surface area contributed by atoms with Gasteiger partial charge in [0.05, 0.1) is 0 Å². The summed E-state index contributed by atoms with van der Waals surface area (Å²) in [6, 6.07) is 0.727. The van der Waals surface area contributed by atoms with E-state index >= 15 is 0 Å². The molecule has 1 aliphatic heterocycles. The summed E-state index contributed by atoms with van der Waals surface area (Å²) in [5.41, 5.74) is 0. The molecule has 0 bridgehead atoms. The summed E-state index contributed by atoms with van der Waals surface area (Å²) < 4.78 is 0. The number of hydrogen-bond acceptors (Lipinski definition) is 3. The van der Waals surface area contributed by atoms with E-state index in [1.165, 1.54) is 45.7 Å². The minimum Gasteiger partial charge on any atom is -0.317 e. The second-order valence-electron chi connectivity index (χ2n) is 4.99. The quantitative estimate of drug-likeness (QED) is 0.737. The van der Waals surface area contributed by atoms with Gasteiger partial charge in [-0.2, -0.15) is 0 Å². The first kappa shape index (κ1) is 13.9. The van der Waals surface area contributed by atoms with Crippen molar-refractivity contribution in [1.29, 1.82) is 0 Å². The van der Waals surface area contributed by atoms with Crippen LogP contribution in [0.25, 0.3) is 0 Å². The summed E-state index contributed by atoms with van der Waals surface area (Å²) in [5, 5.41) is 3.42. The van der Waals surface area contributed by atoms with Crippen LogP contribution in [0.5, 0.6) is 0 Å². The van der Waals surface area contributed by atoms with Crippen molar-refractivity contribution in [2.75, 3.05) is 46.3 Å². The van der Waals surface area contributed by atoms with Crippen molar-refractivity contribution in [2.45, 2.75) is 33.2 Å². The Hall–Kier alpha value is -0.120. The highest BCUT2D eigenvalue weighted by Gasteiger charge is 2.24. The number of likely N-dealkylation sites (N-methyl/N-ethyl adjacent to an activating group) is 1. The fourth-order valence-corrected chi connectivity index (χ4v) is 2.69. The van der Waals surface area contributed by atoms with E-state index < -0.39 is 0 Å². The van der Waals surface area contributed by atoms with E-state index in [0.29, 0.717) is 0 Å². The Kier molecular flexibility index (Phi) is 6.32. The summed E-state index contributed by atoms with van der Waals surface area (Å²) in [7, 11) is 2.09. The lowest BCUT2D eigenvalue weighted by Crippen LogP contribution is -2.48. The lowest BCUT2D eigenvalue weighted by atomic mass is 9.94. The molecule has 3 heteroatoms. The highest BCUT2D eigenvalue weighted by Crippen LogP contribution is 2.15. The van der Waals surface area contributed by atoms with Gasteiger partial charge in [-0.3, -0.25) is 0 Å². The van der Waals surface area contributed by atoms with Gasteiger partial charge in [0.15, 0.2) is 0 Å². The molecule has 16 heavy (non-hydrogen) atoms. The molecule has 2 unspecified atom stereocenters. The Labute approximate surface area is 101 Å². The van der Waals surface area contributed by atoms with Crippen LogP contribution in [-0.4, -0.2) is 62.2 Å². The summed E-state index contributed by atoms with van der Waals surface area (Å²) >= 11 is 0. The van der Waals surface area contributed by atoms with Crippen LogP contribution in [0.15, 0.2) is 0 Å². The van der Waals surface area contributed by atoms with E-state index in [2.05, 4.69) is 42.9 Å². The van der Waals surface area contributed by atoms with Crippen molar-refractivity contribution in [3.05, 3.63) is 0 Å². The van der Waals surface area contributed by atoms with Gasteiger partial charge in [-0.1, -0.05) is 20.8 Å². The summed E-state index contributed by atoms with van der Waals surface area (Å²) in [6.07, 6.45) is 1.30. The molecule has 0 spiro atoms. The van der Waals surface area contributed by atoms with E-state index in [-0.39, 0.29) is 0 Å². The summed E-state index contributed by atoms with van der Waals surface area (Å²) in [6.45, 7) is 14.2. The number of hydrogen-bond donors (Lipinski definition) is 1. The fourth-order valence-electron chi connectivity index (χ4n) is 2.69. The molecule has 1 saturated heterocycles. The molecule has 0 aromatic carbocycles. The van der Waals surface area contributed by atoms with E-state index in [9.17, 15) is 0 Å². The van der Waals surface area contributed by atoms with Crippen LogP contribution >= 0.6 is 0 Å². The van der Waals surface area contributed by atoms with Gasteiger partial charge in [0.1, 0.15) is 0 Å². The Morgan fingerprint density at radius 2 is 2.00 bits per heavy atom. The highest BCUT2D eigenvalue weighted by molar-refractivity contribution is 4.81. The fraction of sp³-hybridized carbons (Fsp3) is 1.00. The standard InChI is InChI=1S/C13H29N3/c1-5-15(6-2)9-10-16-8-7-13(14-4)12(3)11-16/h12-14H,5-11H2,1-4H3. The molecule has 0 aromatic rings. The molecule has 0 aliphatic carbocycles. The molecule has 3 nitrogen and oxygen atoms in total. The second kappa shape index (κ2) is 7.25. The molecule has 1 aliphatic rings. The molecule has 1 N–H and O–H groups in total. The van der Waals surface area contributed by atoms with Gasteiger partial charge < -0.3 is 15.1 Å². The first-order valence-electron chi connectivity index (χ1n) is 6.83. The first-order chi connectivity index (χ1) is 7.71. The van der Waals surface area contributed by atoms with Crippen molar-refractivity contribution in [2.24, 2.45) is 5.92 Å². The van der Waals surface area contributed by atoms with E-state index in [0.717, 1.165) is 12.0 Å². The number of nitrogens with one attached hydrogen (secondary N) is 1. The van der Waals surface area contributed by atoms with Gasteiger partial charge in [0, 0.05) is 25.7 Å². The van der Waals surface area contributed by atoms with Crippen molar-refractivity contribution in [3.63, 3.8) is 0 Å². The number of rotatable bonds is 6. The van der Waals surface area contributed by atoms with Gasteiger partial charge in [0.2, 0.25) is 0 Å². The molecule has 0 saturated carbocycles. The second-order valence-corrected chi connectivity index (χ2v) is 4.99. The number of nitrogens with zero attached hydrogens (tertiary/aromatic N) is 2. The van der Waals surface area contributed by atoms with Crippen LogP contribution in [0.2, 0.25) is 0 Å². The van der Waals surface area contributed by atoms with Crippen molar-refractivity contribution >= 4 is 0 Å². The highest BCUT2D eigenvalue weighted by atomic mass is 15.2. The maximum Gasteiger partial charge on any atom is 0.0114 e. The lowest BCUT2D eigenvalue weighted by Gasteiger charge is -2.37. The summed E-state index contributed by atoms with van der Waals surface area (Å²) in [4.78, 5) is 5.13. The maximum atomic E-state index is 3.42. The monoisotopic (exact) mass is 227 g/mol. The molecular formula is C13H29N3. The minimum absolute atomic E-state index is 0.727.